The van der Waals surface area contributed by atoms with Crippen molar-refractivity contribution in [2.75, 3.05) is 7.05 Å². The van der Waals surface area contributed by atoms with Crippen LogP contribution in [0.3, 0.4) is 0 Å². The van der Waals surface area contributed by atoms with Gasteiger partial charge in [0.2, 0.25) is 0 Å². The predicted molar refractivity (Wildman–Crippen MR) is 81.8 cm³/mol. The van der Waals surface area contributed by atoms with E-state index in [4.69, 9.17) is 0 Å². The van der Waals surface area contributed by atoms with Gasteiger partial charge in [-0.2, -0.15) is 5.10 Å². The lowest BCUT2D eigenvalue weighted by molar-refractivity contribution is 0.313. The number of nitrogens with zero attached hydrogens (tertiary/aromatic N) is 4. The molecule has 3 rings (SSSR count). The van der Waals surface area contributed by atoms with Crippen LogP contribution in [0.2, 0.25) is 0 Å². The van der Waals surface area contributed by atoms with E-state index in [0.717, 1.165) is 37.3 Å². The zero-order valence-corrected chi connectivity index (χ0v) is 12.9. The molecule has 0 amide bonds. The molecule has 2 aromatic heterocycles. The normalized spacial score (nSPS) is 14.4. The van der Waals surface area contributed by atoms with Crippen molar-refractivity contribution in [3.8, 4) is 0 Å². The number of hydrogen-bond donors (Lipinski definition) is 1. The topological polar surface area (TPSA) is 57.7 Å². The highest BCUT2D eigenvalue weighted by atomic mass is 15.2. The number of hydrogen-bond acceptors (Lipinski definition) is 4. The highest BCUT2D eigenvalue weighted by Crippen LogP contribution is 2.23. The molecule has 0 aromatic carbocycles. The van der Waals surface area contributed by atoms with Gasteiger partial charge in [-0.05, 0) is 38.3 Å². The van der Waals surface area contributed by atoms with Crippen molar-refractivity contribution in [1.82, 2.24) is 25.1 Å². The van der Waals surface area contributed by atoms with Gasteiger partial charge in [0.05, 0.1) is 5.69 Å². The molecular formula is C16H23N5. The summed E-state index contributed by atoms with van der Waals surface area (Å²) >= 11 is 0. The number of nitrogens with one attached hydrogen (secondary N) is 1. The quantitative estimate of drug-likeness (QED) is 0.915. The smallest absolute Gasteiger partial charge is 0.127 e. The Hall–Kier alpha value is -1.75. The van der Waals surface area contributed by atoms with Gasteiger partial charge in [0.25, 0.3) is 0 Å². The molecule has 0 spiro atoms. The minimum Gasteiger partial charge on any atom is -0.296 e. The lowest BCUT2D eigenvalue weighted by Gasteiger charge is -2.17. The van der Waals surface area contributed by atoms with Gasteiger partial charge in [0.1, 0.15) is 5.82 Å². The first-order chi connectivity index (χ1) is 10.3. The maximum atomic E-state index is 4.51. The molecule has 0 atom stereocenters. The molecule has 1 aliphatic carbocycles. The fraction of sp³-hybridized carbons (Fsp3) is 0.562. The van der Waals surface area contributed by atoms with Gasteiger partial charge in [-0.25, -0.2) is 9.97 Å². The molecule has 112 valence electrons. The van der Waals surface area contributed by atoms with Crippen LogP contribution in [-0.2, 0) is 32.4 Å². The molecule has 0 unspecified atom stereocenters. The van der Waals surface area contributed by atoms with Gasteiger partial charge >= 0.3 is 0 Å². The van der Waals surface area contributed by atoms with Crippen molar-refractivity contribution in [2.45, 2.75) is 52.1 Å². The van der Waals surface area contributed by atoms with Crippen LogP contribution in [0, 0.1) is 0 Å². The number of aryl methyl sites for hydroxylation is 2. The average Bonchev–Trinajstić information content (AvgIpc) is 2.91. The highest BCUT2D eigenvalue weighted by molar-refractivity contribution is 5.27. The van der Waals surface area contributed by atoms with Crippen molar-refractivity contribution < 1.29 is 0 Å². The number of aromatic nitrogens is 4. The molecule has 5 heteroatoms. The molecule has 0 saturated carbocycles. The summed E-state index contributed by atoms with van der Waals surface area (Å²) in [5.74, 6) is 0.905. The minimum absolute atomic E-state index is 0.853. The van der Waals surface area contributed by atoms with E-state index in [1.807, 2.05) is 12.4 Å². The maximum Gasteiger partial charge on any atom is 0.127 e. The van der Waals surface area contributed by atoms with Gasteiger partial charge in [-0.3, -0.25) is 10.00 Å². The maximum absolute atomic E-state index is 4.51. The van der Waals surface area contributed by atoms with E-state index >= 15 is 0 Å². The zero-order valence-electron chi connectivity index (χ0n) is 12.9. The number of aromatic amines is 1. The van der Waals surface area contributed by atoms with Crippen LogP contribution in [0.25, 0.3) is 0 Å². The van der Waals surface area contributed by atoms with E-state index in [2.05, 4.69) is 39.0 Å². The number of rotatable bonds is 5. The summed E-state index contributed by atoms with van der Waals surface area (Å²) in [6.45, 7) is 3.80. The van der Waals surface area contributed by atoms with Crippen LogP contribution in [0.1, 0.15) is 48.1 Å². The van der Waals surface area contributed by atoms with Crippen molar-refractivity contribution in [3.63, 3.8) is 0 Å². The molecule has 2 heterocycles. The molecule has 0 fully saturated rings. The van der Waals surface area contributed by atoms with E-state index in [-0.39, 0.29) is 0 Å². The van der Waals surface area contributed by atoms with Crippen LogP contribution in [-0.4, -0.2) is 32.1 Å². The van der Waals surface area contributed by atoms with Gasteiger partial charge in [0, 0.05) is 43.2 Å². The SMILES string of the molecule is CCc1ncc(CN(C)Cc2n[nH]c3c2CCCC3)cn1. The summed E-state index contributed by atoms with van der Waals surface area (Å²) in [5.41, 5.74) is 5.16. The van der Waals surface area contributed by atoms with Gasteiger partial charge in [-0.1, -0.05) is 6.92 Å². The van der Waals surface area contributed by atoms with E-state index < -0.39 is 0 Å². The highest BCUT2D eigenvalue weighted by Gasteiger charge is 2.17. The van der Waals surface area contributed by atoms with Crippen molar-refractivity contribution in [3.05, 3.63) is 40.7 Å². The van der Waals surface area contributed by atoms with Crippen molar-refractivity contribution in [1.29, 1.82) is 0 Å². The van der Waals surface area contributed by atoms with Crippen LogP contribution in [0.5, 0.6) is 0 Å². The van der Waals surface area contributed by atoms with Gasteiger partial charge < -0.3 is 0 Å². The second-order valence-corrected chi connectivity index (χ2v) is 5.87. The third kappa shape index (κ3) is 3.29. The molecule has 0 bridgehead atoms. The Morgan fingerprint density at radius 2 is 1.90 bits per heavy atom. The fourth-order valence-corrected chi connectivity index (χ4v) is 2.95. The summed E-state index contributed by atoms with van der Waals surface area (Å²) < 4.78 is 0. The van der Waals surface area contributed by atoms with E-state index in [9.17, 15) is 0 Å². The molecule has 2 aromatic rings. The number of H-pyrrole nitrogens is 1. The van der Waals surface area contributed by atoms with E-state index in [1.165, 1.54) is 36.2 Å². The number of fused-ring (bicyclic) bond motifs is 1. The van der Waals surface area contributed by atoms with Crippen LogP contribution < -0.4 is 0 Å². The standard InChI is InChI=1S/C16H23N5/c1-3-16-17-8-12(9-18-16)10-21(2)11-15-13-6-4-5-7-14(13)19-20-15/h8-9H,3-7,10-11H2,1-2H3,(H,19,20). The Kier molecular flexibility index (Phi) is 4.29. The van der Waals surface area contributed by atoms with E-state index in [0.29, 0.717) is 0 Å². The zero-order chi connectivity index (χ0) is 14.7. The molecule has 0 radical (unpaired) electrons. The van der Waals surface area contributed by atoms with Gasteiger partial charge in [0.15, 0.2) is 0 Å². The molecule has 0 aliphatic heterocycles. The Morgan fingerprint density at radius 1 is 1.14 bits per heavy atom. The predicted octanol–water partition coefficient (Wildman–Crippen LogP) is 2.27. The first-order valence-corrected chi connectivity index (χ1v) is 7.79. The summed E-state index contributed by atoms with van der Waals surface area (Å²) in [6.07, 6.45) is 9.64. The largest absolute Gasteiger partial charge is 0.296 e. The van der Waals surface area contributed by atoms with E-state index in [1.54, 1.807) is 0 Å². The van der Waals surface area contributed by atoms with Crippen LogP contribution >= 0.6 is 0 Å². The fourth-order valence-electron chi connectivity index (χ4n) is 2.95. The van der Waals surface area contributed by atoms with Crippen molar-refractivity contribution >= 4 is 0 Å². The van der Waals surface area contributed by atoms with Crippen LogP contribution in [0.4, 0.5) is 0 Å². The monoisotopic (exact) mass is 285 g/mol. The van der Waals surface area contributed by atoms with Gasteiger partial charge in [-0.15, -0.1) is 0 Å². The Morgan fingerprint density at radius 3 is 2.67 bits per heavy atom. The third-order valence-electron chi connectivity index (χ3n) is 4.09. The molecule has 1 N–H and O–H groups in total. The summed E-state index contributed by atoms with van der Waals surface area (Å²) in [6, 6.07) is 0. The average molecular weight is 285 g/mol. The summed E-state index contributed by atoms with van der Waals surface area (Å²) in [5, 5.41) is 7.72. The molecular weight excluding hydrogens is 262 g/mol. The molecule has 5 nitrogen and oxygen atoms in total. The van der Waals surface area contributed by atoms with Crippen LogP contribution in [0.15, 0.2) is 12.4 Å². The lowest BCUT2D eigenvalue weighted by atomic mass is 9.96. The first kappa shape index (κ1) is 14.2. The Bertz CT molecular complexity index is 587. The summed E-state index contributed by atoms with van der Waals surface area (Å²) in [4.78, 5) is 11.0. The van der Waals surface area contributed by atoms with Crippen molar-refractivity contribution in [2.24, 2.45) is 0 Å². The third-order valence-corrected chi connectivity index (χ3v) is 4.09. The Balaban J connectivity index is 1.63. The minimum atomic E-state index is 0.853. The molecule has 0 saturated heterocycles. The first-order valence-electron chi connectivity index (χ1n) is 7.79. The second kappa shape index (κ2) is 6.35. The molecule has 1 aliphatic rings. The second-order valence-electron chi connectivity index (χ2n) is 5.87. The molecule has 21 heavy (non-hydrogen) atoms. The summed E-state index contributed by atoms with van der Waals surface area (Å²) in [7, 11) is 2.12. The lowest BCUT2D eigenvalue weighted by Crippen LogP contribution is -2.19. The Labute approximate surface area is 125 Å².